The van der Waals surface area contributed by atoms with Crippen LogP contribution in [0, 0.1) is 6.92 Å². The third-order valence-corrected chi connectivity index (χ3v) is 5.24. The Balaban J connectivity index is 1.79. The van der Waals surface area contributed by atoms with Crippen molar-refractivity contribution in [3.05, 3.63) is 122 Å². The normalized spacial score (nSPS) is 11.4. The van der Waals surface area contributed by atoms with Gasteiger partial charge in [0, 0.05) is 5.69 Å². The third kappa shape index (κ3) is 5.25. The minimum absolute atomic E-state index is 0.0171. The van der Waals surface area contributed by atoms with Gasteiger partial charge >= 0.3 is 17.6 Å². The van der Waals surface area contributed by atoms with E-state index in [1.807, 2.05) is 37.3 Å². The quantitative estimate of drug-likeness (QED) is 0.452. The van der Waals surface area contributed by atoms with Crippen LogP contribution in [0.4, 0.5) is 24.8 Å². The molecule has 0 amide bonds. The molecule has 0 saturated carbocycles. The lowest BCUT2D eigenvalue weighted by molar-refractivity contribution is -0.137. The smallest absolute Gasteiger partial charge is 0.325 e. The first-order valence-corrected chi connectivity index (χ1v) is 10.5. The SMILES string of the molecule is Cc1ccc(Cn2c(Nc3cccc(C(F)(F)F)c3)nc(=O)n(Cc3ccccc3)c2=O)cc1. The number of nitrogens with one attached hydrogen (secondary N) is 1. The van der Waals surface area contributed by atoms with Gasteiger partial charge in [-0.15, -0.1) is 0 Å². The van der Waals surface area contributed by atoms with Crippen LogP contribution in [0.1, 0.15) is 22.3 Å². The molecule has 3 aromatic carbocycles. The zero-order valence-electron chi connectivity index (χ0n) is 18.2. The van der Waals surface area contributed by atoms with Crippen LogP contribution in [-0.4, -0.2) is 14.1 Å². The lowest BCUT2D eigenvalue weighted by Crippen LogP contribution is -2.43. The molecule has 1 heterocycles. The van der Waals surface area contributed by atoms with E-state index < -0.39 is 23.1 Å². The van der Waals surface area contributed by atoms with Crippen LogP contribution in [0.5, 0.6) is 0 Å². The van der Waals surface area contributed by atoms with Crippen molar-refractivity contribution in [1.29, 1.82) is 0 Å². The molecule has 0 unspecified atom stereocenters. The van der Waals surface area contributed by atoms with Crippen molar-refractivity contribution >= 4 is 11.6 Å². The van der Waals surface area contributed by atoms with E-state index in [1.165, 1.54) is 16.7 Å². The van der Waals surface area contributed by atoms with E-state index in [-0.39, 0.29) is 24.7 Å². The number of aromatic nitrogens is 3. The Labute approximate surface area is 193 Å². The summed E-state index contributed by atoms with van der Waals surface area (Å²) in [6.45, 7) is 2.02. The van der Waals surface area contributed by atoms with Gasteiger partial charge in [-0.1, -0.05) is 66.2 Å². The Morgan fingerprint density at radius 1 is 0.824 bits per heavy atom. The summed E-state index contributed by atoms with van der Waals surface area (Å²) in [7, 11) is 0. The standard InChI is InChI=1S/C25H21F3N4O2/c1-17-10-12-19(13-11-17)15-31-22(29-21-9-5-8-20(14-21)25(26,27)28)30-23(33)32(24(31)34)16-18-6-3-2-4-7-18/h2-14H,15-16H2,1H3,(H,29,30,33). The van der Waals surface area contributed by atoms with Crippen molar-refractivity contribution in [3.8, 4) is 0 Å². The van der Waals surface area contributed by atoms with Crippen LogP contribution in [0.3, 0.4) is 0 Å². The Morgan fingerprint density at radius 2 is 1.47 bits per heavy atom. The molecule has 0 aliphatic carbocycles. The van der Waals surface area contributed by atoms with Crippen molar-refractivity contribution in [3.63, 3.8) is 0 Å². The Morgan fingerprint density at radius 3 is 2.15 bits per heavy atom. The molecular weight excluding hydrogens is 445 g/mol. The molecule has 174 valence electrons. The molecule has 0 aliphatic rings. The number of hydrogen-bond acceptors (Lipinski definition) is 4. The molecule has 0 atom stereocenters. The van der Waals surface area contributed by atoms with Gasteiger partial charge in [0.15, 0.2) is 0 Å². The molecule has 0 saturated heterocycles. The zero-order valence-corrected chi connectivity index (χ0v) is 18.2. The molecule has 4 rings (SSSR count). The lowest BCUT2D eigenvalue weighted by atomic mass is 10.1. The van der Waals surface area contributed by atoms with Gasteiger partial charge in [-0.2, -0.15) is 18.2 Å². The van der Waals surface area contributed by atoms with Crippen molar-refractivity contribution in [2.75, 3.05) is 5.32 Å². The minimum Gasteiger partial charge on any atom is -0.325 e. The summed E-state index contributed by atoms with van der Waals surface area (Å²) in [5.74, 6) is -0.140. The summed E-state index contributed by atoms with van der Waals surface area (Å²) in [5.41, 5.74) is 0.311. The lowest BCUT2D eigenvalue weighted by Gasteiger charge is -2.16. The largest absolute Gasteiger partial charge is 0.416 e. The van der Waals surface area contributed by atoms with Gasteiger partial charge in [-0.05, 0) is 36.2 Å². The minimum atomic E-state index is -4.54. The average Bonchev–Trinajstić information content (AvgIpc) is 2.81. The molecule has 0 bridgehead atoms. The fourth-order valence-corrected chi connectivity index (χ4v) is 3.45. The summed E-state index contributed by atoms with van der Waals surface area (Å²) in [5, 5.41) is 2.73. The van der Waals surface area contributed by atoms with E-state index in [4.69, 9.17) is 0 Å². The number of halogens is 3. The van der Waals surface area contributed by atoms with Crippen molar-refractivity contribution < 1.29 is 13.2 Å². The highest BCUT2D eigenvalue weighted by Gasteiger charge is 2.30. The number of aryl methyl sites for hydroxylation is 1. The van der Waals surface area contributed by atoms with Crippen LogP contribution in [0.15, 0.2) is 88.5 Å². The van der Waals surface area contributed by atoms with Crippen LogP contribution < -0.4 is 16.7 Å². The number of nitrogens with zero attached hydrogens (tertiary/aromatic N) is 3. The van der Waals surface area contributed by atoms with Gasteiger partial charge in [-0.3, -0.25) is 4.57 Å². The fourth-order valence-electron chi connectivity index (χ4n) is 3.45. The summed E-state index contributed by atoms with van der Waals surface area (Å²) >= 11 is 0. The predicted octanol–water partition coefficient (Wildman–Crippen LogP) is 4.57. The van der Waals surface area contributed by atoms with Gasteiger partial charge in [-0.25, -0.2) is 14.2 Å². The molecule has 0 fully saturated rings. The highest BCUT2D eigenvalue weighted by Crippen LogP contribution is 2.31. The molecule has 0 aliphatic heterocycles. The molecule has 6 nitrogen and oxygen atoms in total. The highest BCUT2D eigenvalue weighted by molar-refractivity contribution is 5.55. The second kappa shape index (κ2) is 9.38. The topological polar surface area (TPSA) is 68.9 Å². The van der Waals surface area contributed by atoms with Gasteiger partial charge in [0.1, 0.15) is 0 Å². The van der Waals surface area contributed by atoms with Crippen LogP contribution in [0.2, 0.25) is 0 Å². The molecule has 4 aromatic rings. The summed E-state index contributed by atoms with van der Waals surface area (Å²) in [6, 6.07) is 20.9. The summed E-state index contributed by atoms with van der Waals surface area (Å²) in [4.78, 5) is 30.1. The van der Waals surface area contributed by atoms with Crippen LogP contribution >= 0.6 is 0 Å². The molecule has 34 heavy (non-hydrogen) atoms. The molecule has 9 heteroatoms. The van der Waals surface area contributed by atoms with Crippen LogP contribution in [0.25, 0.3) is 0 Å². The maximum Gasteiger partial charge on any atom is 0.416 e. The Hall–Kier alpha value is -4.14. The summed E-state index contributed by atoms with van der Waals surface area (Å²) < 4.78 is 41.7. The molecule has 0 spiro atoms. The van der Waals surface area contributed by atoms with Crippen LogP contribution in [-0.2, 0) is 19.3 Å². The first-order chi connectivity index (χ1) is 16.2. The Kier molecular flexibility index (Phi) is 6.36. The predicted molar refractivity (Wildman–Crippen MR) is 123 cm³/mol. The number of rotatable bonds is 6. The van der Waals surface area contributed by atoms with E-state index >= 15 is 0 Å². The summed E-state index contributed by atoms with van der Waals surface area (Å²) in [6.07, 6.45) is -4.54. The van der Waals surface area contributed by atoms with Crippen molar-refractivity contribution in [2.24, 2.45) is 0 Å². The Bertz CT molecular complexity index is 1410. The molecule has 0 radical (unpaired) electrons. The second-order valence-corrected chi connectivity index (χ2v) is 7.85. The van der Waals surface area contributed by atoms with E-state index in [9.17, 15) is 22.8 Å². The highest BCUT2D eigenvalue weighted by atomic mass is 19.4. The van der Waals surface area contributed by atoms with E-state index in [0.717, 1.165) is 33.4 Å². The molecule has 1 aromatic heterocycles. The first kappa shape index (κ1) is 23.0. The molecule has 1 N–H and O–H groups in total. The average molecular weight is 466 g/mol. The fraction of sp³-hybridized carbons (Fsp3) is 0.160. The monoisotopic (exact) mass is 466 g/mol. The van der Waals surface area contributed by atoms with Crippen molar-refractivity contribution in [2.45, 2.75) is 26.2 Å². The molecular formula is C25H21F3N4O2. The van der Waals surface area contributed by atoms with Gasteiger partial charge < -0.3 is 5.32 Å². The van der Waals surface area contributed by atoms with Gasteiger partial charge in [0.2, 0.25) is 5.95 Å². The maximum absolute atomic E-state index is 13.4. The number of benzene rings is 3. The van der Waals surface area contributed by atoms with E-state index in [0.29, 0.717) is 0 Å². The number of hydrogen-bond donors (Lipinski definition) is 1. The maximum atomic E-state index is 13.4. The van der Waals surface area contributed by atoms with Gasteiger partial charge in [0.25, 0.3) is 0 Å². The third-order valence-electron chi connectivity index (χ3n) is 5.24. The van der Waals surface area contributed by atoms with E-state index in [1.54, 1.807) is 24.3 Å². The van der Waals surface area contributed by atoms with Crippen molar-refractivity contribution in [1.82, 2.24) is 14.1 Å². The van der Waals surface area contributed by atoms with Gasteiger partial charge in [0.05, 0.1) is 18.7 Å². The van der Waals surface area contributed by atoms with E-state index in [2.05, 4.69) is 10.3 Å². The second-order valence-electron chi connectivity index (χ2n) is 7.85. The first-order valence-electron chi connectivity index (χ1n) is 10.5. The number of alkyl halides is 3. The zero-order chi connectivity index (χ0) is 24.3. The number of anilines is 2.